The van der Waals surface area contributed by atoms with Crippen LogP contribution in [0.4, 0.5) is 0 Å². The molecule has 0 aromatic heterocycles. The van der Waals surface area contributed by atoms with Crippen LogP contribution in [0.3, 0.4) is 0 Å². The highest BCUT2D eigenvalue weighted by Gasteiger charge is 2.38. The zero-order chi connectivity index (χ0) is 14.7. The van der Waals surface area contributed by atoms with Gasteiger partial charge in [-0.15, -0.1) is 24.0 Å². The van der Waals surface area contributed by atoms with Gasteiger partial charge >= 0.3 is 0 Å². The number of hydrogen-bond acceptors (Lipinski definition) is 2. The molecule has 1 aromatic rings. The van der Waals surface area contributed by atoms with Gasteiger partial charge in [0.1, 0.15) is 5.75 Å². The number of nitrogens with one attached hydrogen (secondary N) is 1. The van der Waals surface area contributed by atoms with Crippen LogP contribution in [-0.4, -0.2) is 24.7 Å². The fourth-order valence-corrected chi connectivity index (χ4v) is 3.16. The molecule has 2 aliphatic rings. The third kappa shape index (κ3) is 4.51. The van der Waals surface area contributed by atoms with Crippen LogP contribution in [0.1, 0.15) is 50.5 Å². The predicted molar refractivity (Wildman–Crippen MR) is 101 cm³/mol. The summed E-state index contributed by atoms with van der Waals surface area (Å²) in [5.74, 6) is 2.08. The topological polar surface area (TPSA) is 59.6 Å². The van der Waals surface area contributed by atoms with Crippen LogP contribution in [0.15, 0.2) is 29.3 Å². The van der Waals surface area contributed by atoms with Crippen molar-refractivity contribution in [2.45, 2.75) is 57.0 Å². The van der Waals surface area contributed by atoms with Crippen LogP contribution in [0, 0.1) is 0 Å². The van der Waals surface area contributed by atoms with Crippen LogP contribution < -0.4 is 15.8 Å². The van der Waals surface area contributed by atoms with Crippen LogP contribution in [0.25, 0.3) is 0 Å². The highest BCUT2D eigenvalue weighted by atomic mass is 127. The molecule has 0 amide bonds. The molecule has 5 heteroatoms. The molecule has 22 heavy (non-hydrogen) atoms. The lowest BCUT2D eigenvalue weighted by Gasteiger charge is -2.12. The molecular weight excluding hydrogens is 389 g/mol. The normalized spacial score (nSPS) is 24.7. The van der Waals surface area contributed by atoms with Crippen LogP contribution in [-0.2, 0) is 0 Å². The molecule has 2 atom stereocenters. The number of rotatable bonds is 5. The Hall–Kier alpha value is -0.980. The first-order valence-corrected chi connectivity index (χ1v) is 8.09. The van der Waals surface area contributed by atoms with Gasteiger partial charge < -0.3 is 15.8 Å². The Morgan fingerprint density at radius 1 is 1.27 bits per heavy atom. The van der Waals surface area contributed by atoms with E-state index in [0.717, 1.165) is 12.2 Å². The van der Waals surface area contributed by atoms with Gasteiger partial charge in [0.2, 0.25) is 0 Å². The van der Waals surface area contributed by atoms with Gasteiger partial charge in [-0.05, 0) is 43.9 Å². The molecule has 1 aromatic carbocycles. The molecule has 0 spiro atoms. The largest absolute Gasteiger partial charge is 0.494 e. The van der Waals surface area contributed by atoms with Gasteiger partial charge in [0.15, 0.2) is 5.96 Å². The lowest BCUT2D eigenvalue weighted by atomic mass is 10.1. The lowest BCUT2D eigenvalue weighted by Crippen LogP contribution is -2.38. The number of halogens is 1. The summed E-state index contributed by atoms with van der Waals surface area (Å²) >= 11 is 0. The van der Waals surface area contributed by atoms with E-state index in [1.54, 1.807) is 0 Å². The minimum absolute atomic E-state index is 0. The summed E-state index contributed by atoms with van der Waals surface area (Å²) in [6.07, 6.45) is 6.17. The highest BCUT2D eigenvalue weighted by molar-refractivity contribution is 14.0. The van der Waals surface area contributed by atoms with Crippen molar-refractivity contribution in [2.75, 3.05) is 6.61 Å². The zero-order valence-electron chi connectivity index (χ0n) is 13.1. The first-order valence-electron chi connectivity index (χ1n) is 8.09. The molecule has 2 aliphatic carbocycles. The average molecular weight is 415 g/mol. The third-order valence-electron chi connectivity index (χ3n) is 4.39. The van der Waals surface area contributed by atoms with Gasteiger partial charge in [0.05, 0.1) is 12.6 Å². The van der Waals surface area contributed by atoms with E-state index >= 15 is 0 Å². The van der Waals surface area contributed by atoms with Crippen molar-refractivity contribution in [3.05, 3.63) is 29.8 Å². The maximum atomic E-state index is 6.02. The van der Waals surface area contributed by atoms with Crippen molar-refractivity contribution in [1.82, 2.24) is 5.32 Å². The second-order valence-corrected chi connectivity index (χ2v) is 6.05. The molecule has 4 nitrogen and oxygen atoms in total. The van der Waals surface area contributed by atoms with Crippen molar-refractivity contribution < 1.29 is 4.74 Å². The fourth-order valence-electron chi connectivity index (χ4n) is 3.16. The van der Waals surface area contributed by atoms with Crippen molar-refractivity contribution >= 4 is 29.9 Å². The Balaban J connectivity index is 0.00000176. The molecule has 0 heterocycles. The van der Waals surface area contributed by atoms with Gasteiger partial charge in [-0.3, -0.25) is 0 Å². The SMILES string of the molecule is CCOc1ccc([C@@H]2C[C@H]2N=C(N)NC2CCCC2)cc1.I. The summed E-state index contributed by atoms with van der Waals surface area (Å²) in [5.41, 5.74) is 7.35. The average Bonchev–Trinajstić information content (AvgIpc) is 3.04. The molecule has 0 radical (unpaired) electrons. The summed E-state index contributed by atoms with van der Waals surface area (Å²) in [5, 5.41) is 3.36. The molecule has 0 unspecified atom stereocenters. The van der Waals surface area contributed by atoms with Gasteiger partial charge in [0.25, 0.3) is 0 Å². The monoisotopic (exact) mass is 415 g/mol. The maximum Gasteiger partial charge on any atom is 0.189 e. The van der Waals surface area contributed by atoms with Crippen molar-refractivity contribution in [3.8, 4) is 5.75 Å². The summed E-state index contributed by atoms with van der Waals surface area (Å²) in [6, 6.07) is 9.25. The molecule has 122 valence electrons. The Morgan fingerprint density at radius 3 is 2.59 bits per heavy atom. The molecule has 2 saturated carbocycles. The predicted octanol–water partition coefficient (Wildman–Crippen LogP) is 3.41. The zero-order valence-corrected chi connectivity index (χ0v) is 15.5. The lowest BCUT2D eigenvalue weighted by molar-refractivity contribution is 0.340. The Bertz CT molecular complexity index is 497. The number of guanidine groups is 1. The van der Waals surface area contributed by atoms with Gasteiger partial charge in [-0.2, -0.15) is 0 Å². The molecule has 3 rings (SSSR count). The summed E-state index contributed by atoms with van der Waals surface area (Å²) < 4.78 is 5.47. The Labute approximate surface area is 149 Å². The molecule has 2 fully saturated rings. The van der Waals surface area contributed by atoms with E-state index < -0.39 is 0 Å². The van der Waals surface area contributed by atoms with E-state index in [0.29, 0.717) is 30.6 Å². The molecule has 0 aliphatic heterocycles. The number of hydrogen-bond donors (Lipinski definition) is 2. The summed E-state index contributed by atoms with van der Waals surface area (Å²) in [6.45, 7) is 2.71. The van der Waals surface area contributed by atoms with E-state index in [-0.39, 0.29) is 24.0 Å². The highest BCUT2D eigenvalue weighted by Crippen LogP contribution is 2.43. The second kappa shape index (κ2) is 8.04. The Morgan fingerprint density at radius 2 is 1.95 bits per heavy atom. The van der Waals surface area contributed by atoms with Crippen LogP contribution in [0.5, 0.6) is 5.75 Å². The fraction of sp³-hybridized carbons (Fsp3) is 0.588. The quantitative estimate of drug-likeness (QED) is 0.440. The van der Waals surface area contributed by atoms with Crippen molar-refractivity contribution in [3.63, 3.8) is 0 Å². The number of benzene rings is 1. The van der Waals surface area contributed by atoms with E-state index in [4.69, 9.17) is 10.5 Å². The number of nitrogens with two attached hydrogens (primary N) is 1. The smallest absolute Gasteiger partial charge is 0.189 e. The van der Waals surface area contributed by atoms with Crippen molar-refractivity contribution in [1.29, 1.82) is 0 Å². The van der Waals surface area contributed by atoms with E-state index in [9.17, 15) is 0 Å². The van der Waals surface area contributed by atoms with Gasteiger partial charge in [-0.25, -0.2) is 4.99 Å². The molecular formula is C17H26IN3O. The second-order valence-electron chi connectivity index (χ2n) is 6.05. The van der Waals surface area contributed by atoms with Crippen LogP contribution >= 0.6 is 24.0 Å². The number of nitrogens with zero attached hydrogens (tertiary/aromatic N) is 1. The number of aliphatic imine (C=N–C) groups is 1. The van der Waals surface area contributed by atoms with Gasteiger partial charge in [0, 0.05) is 12.0 Å². The molecule has 3 N–H and O–H groups in total. The standard InChI is InChI=1S/C17H25N3O.HI/c1-2-21-14-9-7-12(8-10-14)15-11-16(15)20-17(18)19-13-5-3-4-6-13;/h7-10,13,15-16H,2-6,11H2,1H3,(H3,18,19,20);1H/t15-,16+;/m0./s1. The Kier molecular flexibility index (Phi) is 6.35. The van der Waals surface area contributed by atoms with E-state index in [1.165, 1.54) is 31.2 Å². The minimum Gasteiger partial charge on any atom is -0.494 e. The summed E-state index contributed by atoms with van der Waals surface area (Å²) in [4.78, 5) is 4.62. The first-order chi connectivity index (χ1) is 10.3. The summed E-state index contributed by atoms with van der Waals surface area (Å²) in [7, 11) is 0. The van der Waals surface area contributed by atoms with Crippen molar-refractivity contribution in [2.24, 2.45) is 10.7 Å². The molecule has 0 saturated heterocycles. The number of ether oxygens (including phenoxy) is 1. The molecule has 0 bridgehead atoms. The van der Waals surface area contributed by atoms with Gasteiger partial charge in [-0.1, -0.05) is 25.0 Å². The first kappa shape index (κ1) is 17.4. The third-order valence-corrected chi connectivity index (χ3v) is 4.39. The van der Waals surface area contributed by atoms with Crippen LogP contribution in [0.2, 0.25) is 0 Å². The van der Waals surface area contributed by atoms with E-state index in [2.05, 4.69) is 22.4 Å². The maximum absolute atomic E-state index is 6.02. The minimum atomic E-state index is 0. The van der Waals surface area contributed by atoms with E-state index in [1.807, 2.05) is 19.1 Å².